The third kappa shape index (κ3) is 5.80. The summed E-state index contributed by atoms with van der Waals surface area (Å²) in [6.07, 6.45) is 0.850. The molecule has 1 aliphatic carbocycles. The third-order valence-electron chi connectivity index (χ3n) is 8.27. The number of hydrogen-bond acceptors (Lipinski definition) is 7. The summed E-state index contributed by atoms with van der Waals surface area (Å²) >= 11 is 7.76. The van der Waals surface area contributed by atoms with Gasteiger partial charge in [0.1, 0.15) is 5.82 Å². The Hall–Kier alpha value is -4.06. The van der Waals surface area contributed by atoms with Gasteiger partial charge in [0.2, 0.25) is 0 Å². The number of rotatable bonds is 6. The fourth-order valence-electron chi connectivity index (χ4n) is 6.12. The van der Waals surface area contributed by atoms with Crippen molar-refractivity contribution >= 4 is 40.5 Å². The summed E-state index contributed by atoms with van der Waals surface area (Å²) in [7, 11) is 0. The number of nitro benzene ring substituents is 1. The number of aryl methyl sites for hydroxylation is 3. The standard InChI is InChI=1S/C34H33ClN4O3S/c1-19-6-9-24(39(41)42)14-28(19)38-29-15-34(4,5)16-30(40)32(29)31(27(17-36)33(38)37)26-13-22(20(2)12-21(26)3)18-43-25-10-7-23(35)8-11-25/h6-14,31H,15-16,18,37H2,1-5H3. The number of carbonyl (C=O) groups is 1. The lowest BCUT2D eigenvalue weighted by Crippen LogP contribution is -2.42. The molecular weight excluding hydrogens is 580 g/mol. The van der Waals surface area contributed by atoms with Crippen molar-refractivity contribution in [3.8, 4) is 6.07 Å². The Morgan fingerprint density at radius 2 is 1.77 bits per heavy atom. The molecule has 3 aromatic rings. The molecule has 0 bridgehead atoms. The van der Waals surface area contributed by atoms with Crippen LogP contribution >= 0.6 is 23.4 Å². The first kappa shape index (κ1) is 30.4. The van der Waals surface area contributed by atoms with Gasteiger partial charge in [-0.15, -0.1) is 11.8 Å². The largest absolute Gasteiger partial charge is 0.384 e. The molecule has 0 aromatic heterocycles. The van der Waals surface area contributed by atoms with Crippen LogP contribution in [0.4, 0.5) is 11.4 Å². The molecule has 220 valence electrons. The molecule has 3 aromatic carbocycles. The molecule has 1 aliphatic heterocycles. The quantitative estimate of drug-likeness (QED) is 0.169. The van der Waals surface area contributed by atoms with Crippen LogP contribution in [-0.4, -0.2) is 10.7 Å². The summed E-state index contributed by atoms with van der Waals surface area (Å²) in [4.78, 5) is 28.1. The first-order valence-corrected chi connectivity index (χ1v) is 15.4. The molecular formula is C34H33ClN4O3S. The predicted octanol–water partition coefficient (Wildman–Crippen LogP) is 8.41. The van der Waals surface area contributed by atoms with Crippen molar-refractivity contribution in [2.75, 3.05) is 4.90 Å². The minimum Gasteiger partial charge on any atom is -0.384 e. The lowest BCUT2D eigenvalue weighted by molar-refractivity contribution is -0.384. The molecule has 0 spiro atoms. The summed E-state index contributed by atoms with van der Waals surface area (Å²) in [6.45, 7) is 9.97. The van der Waals surface area contributed by atoms with Crippen LogP contribution in [0.2, 0.25) is 5.02 Å². The maximum Gasteiger partial charge on any atom is 0.271 e. The first-order chi connectivity index (χ1) is 20.3. The van der Waals surface area contributed by atoms with Gasteiger partial charge in [-0.3, -0.25) is 19.8 Å². The van der Waals surface area contributed by atoms with E-state index in [0.717, 1.165) is 32.7 Å². The number of nitrogens with two attached hydrogens (primary N) is 1. The molecule has 9 heteroatoms. The van der Waals surface area contributed by atoms with Gasteiger partial charge in [0, 0.05) is 45.5 Å². The number of ketones is 1. The average Bonchev–Trinajstić information content (AvgIpc) is 2.93. The molecule has 1 heterocycles. The number of anilines is 1. The van der Waals surface area contributed by atoms with E-state index in [4.69, 9.17) is 17.3 Å². The molecule has 1 unspecified atom stereocenters. The van der Waals surface area contributed by atoms with Crippen LogP contribution in [-0.2, 0) is 10.5 Å². The van der Waals surface area contributed by atoms with Gasteiger partial charge in [0.05, 0.1) is 28.2 Å². The van der Waals surface area contributed by atoms with Crippen LogP contribution in [0.5, 0.6) is 0 Å². The average molecular weight is 613 g/mol. The molecule has 0 saturated carbocycles. The van der Waals surface area contributed by atoms with Crippen molar-refractivity contribution in [1.29, 1.82) is 5.26 Å². The van der Waals surface area contributed by atoms with Crippen molar-refractivity contribution in [2.45, 2.75) is 64.0 Å². The van der Waals surface area contributed by atoms with Crippen molar-refractivity contribution in [1.82, 2.24) is 0 Å². The number of carbonyl (C=O) groups excluding carboxylic acids is 1. The topological polar surface area (TPSA) is 113 Å². The number of hydrogen-bond donors (Lipinski definition) is 1. The fraction of sp³-hybridized carbons (Fsp3) is 0.294. The smallest absolute Gasteiger partial charge is 0.271 e. The highest BCUT2D eigenvalue weighted by atomic mass is 35.5. The van der Waals surface area contributed by atoms with Gasteiger partial charge in [0.15, 0.2) is 5.78 Å². The molecule has 2 N–H and O–H groups in total. The number of allylic oxidation sites excluding steroid dienone is 3. The highest BCUT2D eigenvalue weighted by molar-refractivity contribution is 7.98. The highest BCUT2D eigenvalue weighted by Gasteiger charge is 2.45. The number of thioether (sulfide) groups is 1. The molecule has 0 amide bonds. The molecule has 2 aliphatic rings. The van der Waals surface area contributed by atoms with E-state index in [2.05, 4.69) is 25.1 Å². The van der Waals surface area contributed by atoms with E-state index < -0.39 is 10.8 Å². The Morgan fingerprint density at radius 3 is 2.42 bits per heavy atom. The maximum atomic E-state index is 14.1. The monoisotopic (exact) mass is 612 g/mol. The number of benzene rings is 3. The zero-order valence-electron chi connectivity index (χ0n) is 24.8. The van der Waals surface area contributed by atoms with Gasteiger partial charge in [0.25, 0.3) is 5.69 Å². The summed E-state index contributed by atoms with van der Waals surface area (Å²) < 4.78 is 0. The van der Waals surface area contributed by atoms with Gasteiger partial charge < -0.3 is 5.73 Å². The lowest BCUT2D eigenvalue weighted by Gasteiger charge is -2.44. The summed E-state index contributed by atoms with van der Waals surface area (Å²) in [5.41, 5.74) is 13.2. The second-order valence-electron chi connectivity index (χ2n) is 12.1. The Morgan fingerprint density at radius 1 is 1.07 bits per heavy atom. The van der Waals surface area contributed by atoms with Gasteiger partial charge in [-0.2, -0.15) is 5.26 Å². The SMILES string of the molecule is Cc1cc(C)c(C2C(C#N)=C(N)N(c3cc([N+](=O)[O-])ccc3C)C3=C2C(=O)CC(C)(C)C3)cc1CSc1ccc(Cl)cc1. The van der Waals surface area contributed by atoms with Crippen molar-refractivity contribution in [3.63, 3.8) is 0 Å². The molecule has 1 atom stereocenters. The highest BCUT2D eigenvalue weighted by Crippen LogP contribution is 2.51. The second-order valence-corrected chi connectivity index (χ2v) is 13.6. The molecule has 0 saturated heterocycles. The number of Topliss-reactive ketones (excluding diaryl/α,β-unsaturated/α-hetero) is 1. The zero-order chi connectivity index (χ0) is 31.2. The van der Waals surface area contributed by atoms with Crippen LogP contribution in [0.25, 0.3) is 0 Å². The van der Waals surface area contributed by atoms with E-state index in [0.29, 0.717) is 40.6 Å². The number of nitrogens with zero attached hydrogens (tertiary/aromatic N) is 3. The maximum absolute atomic E-state index is 14.1. The molecule has 0 fully saturated rings. The van der Waals surface area contributed by atoms with E-state index in [1.807, 2.05) is 52.0 Å². The first-order valence-electron chi connectivity index (χ1n) is 14.0. The Labute approximate surface area is 261 Å². The minimum absolute atomic E-state index is 0.0401. The van der Waals surface area contributed by atoms with Crippen LogP contribution in [0.1, 0.15) is 60.4 Å². The number of nitro groups is 1. The zero-order valence-corrected chi connectivity index (χ0v) is 26.4. The van der Waals surface area contributed by atoms with E-state index >= 15 is 0 Å². The summed E-state index contributed by atoms with van der Waals surface area (Å²) in [5, 5.41) is 22.9. The molecule has 5 rings (SSSR count). The van der Waals surface area contributed by atoms with E-state index in [9.17, 15) is 20.2 Å². The Bertz CT molecular complexity index is 1770. The second kappa shape index (κ2) is 11.6. The van der Waals surface area contributed by atoms with Crippen molar-refractivity contribution < 1.29 is 9.72 Å². The third-order valence-corrected chi connectivity index (χ3v) is 9.58. The van der Waals surface area contributed by atoms with Gasteiger partial charge in [-0.1, -0.05) is 43.6 Å². The predicted molar refractivity (Wildman–Crippen MR) is 172 cm³/mol. The Balaban J connectivity index is 1.69. The van der Waals surface area contributed by atoms with E-state index in [-0.39, 0.29) is 28.3 Å². The van der Waals surface area contributed by atoms with Gasteiger partial charge in [-0.25, -0.2) is 0 Å². The van der Waals surface area contributed by atoms with Crippen molar-refractivity contribution in [3.05, 3.63) is 120 Å². The lowest BCUT2D eigenvalue weighted by atomic mass is 9.68. The number of halogens is 1. The van der Waals surface area contributed by atoms with Crippen LogP contribution in [0, 0.1) is 47.6 Å². The molecule has 43 heavy (non-hydrogen) atoms. The van der Waals surface area contributed by atoms with Crippen LogP contribution in [0.3, 0.4) is 0 Å². The summed E-state index contributed by atoms with van der Waals surface area (Å²) in [5.74, 6) is 0.207. The Kier molecular flexibility index (Phi) is 8.17. The molecule has 7 nitrogen and oxygen atoms in total. The van der Waals surface area contributed by atoms with Gasteiger partial charge in [-0.05, 0) is 84.7 Å². The van der Waals surface area contributed by atoms with E-state index in [1.54, 1.807) is 22.7 Å². The van der Waals surface area contributed by atoms with Crippen LogP contribution < -0.4 is 10.6 Å². The van der Waals surface area contributed by atoms with Gasteiger partial charge >= 0.3 is 0 Å². The molecule has 0 radical (unpaired) electrons. The van der Waals surface area contributed by atoms with E-state index in [1.165, 1.54) is 12.1 Å². The number of non-ortho nitro benzene ring substituents is 1. The summed E-state index contributed by atoms with van der Waals surface area (Å²) in [6, 6.07) is 18.8. The number of nitriles is 1. The normalized spacial score (nSPS) is 18.0. The van der Waals surface area contributed by atoms with Crippen LogP contribution in [0.15, 0.2) is 82.2 Å². The minimum atomic E-state index is -0.640. The fourth-order valence-corrected chi connectivity index (χ4v) is 7.21. The van der Waals surface area contributed by atoms with Crippen molar-refractivity contribution in [2.24, 2.45) is 11.1 Å².